The molecule has 0 saturated carbocycles. The van der Waals surface area contributed by atoms with Crippen molar-refractivity contribution in [2.75, 3.05) is 6.61 Å². The second-order valence-corrected chi connectivity index (χ2v) is 10.2. The van der Waals surface area contributed by atoms with Crippen molar-refractivity contribution in [3.63, 3.8) is 0 Å². The summed E-state index contributed by atoms with van der Waals surface area (Å²) in [6.07, 6.45) is 5.48. The molecule has 0 N–H and O–H groups in total. The van der Waals surface area contributed by atoms with Gasteiger partial charge in [-0.3, -0.25) is 4.79 Å². The van der Waals surface area contributed by atoms with Gasteiger partial charge in [0.2, 0.25) is 11.6 Å². The van der Waals surface area contributed by atoms with E-state index in [-0.39, 0.29) is 24.0 Å². The first kappa shape index (κ1) is 19.9. The van der Waals surface area contributed by atoms with Crippen LogP contribution in [0.1, 0.15) is 46.0 Å². The molecule has 1 saturated heterocycles. The highest BCUT2D eigenvalue weighted by molar-refractivity contribution is 6.59. The summed E-state index contributed by atoms with van der Waals surface area (Å²) >= 11 is 0. The van der Waals surface area contributed by atoms with Gasteiger partial charge in [0, 0.05) is 8.80 Å². The molecule has 0 aromatic heterocycles. The van der Waals surface area contributed by atoms with Crippen LogP contribution in [0.15, 0.2) is 12.1 Å². The van der Waals surface area contributed by atoms with Crippen molar-refractivity contribution in [2.24, 2.45) is 5.92 Å². The van der Waals surface area contributed by atoms with E-state index >= 15 is 0 Å². The van der Waals surface area contributed by atoms with Gasteiger partial charge in [0.1, 0.15) is 0 Å². The van der Waals surface area contributed by atoms with E-state index in [0.717, 1.165) is 24.9 Å². The Balaban J connectivity index is 1.87. The average Bonchev–Trinajstić information content (AvgIpc) is 2.62. The maximum absolute atomic E-state index is 14.0. The number of hydrogen-bond acceptors (Lipinski definition) is 3. The SMILES string of the molecule is CCCCC[Si@H]1CC[C@H](C(=O)Oc2ccc(OCC)c(F)c2F)CC1. The lowest BCUT2D eigenvalue weighted by Crippen LogP contribution is -2.29. The largest absolute Gasteiger partial charge is 0.491 e. The highest BCUT2D eigenvalue weighted by atomic mass is 28.3. The fourth-order valence-corrected chi connectivity index (χ4v) is 6.90. The zero-order valence-electron chi connectivity index (χ0n) is 15.2. The highest BCUT2D eigenvalue weighted by Gasteiger charge is 2.29. The van der Waals surface area contributed by atoms with Crippen molar-refractivity contribution in [1.82, 2.24) is 0 Å². The van der Waals surface area contributed by atoms with Crippen molar-refractivity contribution in [1.29, 1.82) is 0 Å². The molecule has 1 fully saturated rings. The molecular weight excluding hydrogens is 342 g/mol. The summed E-state index contributed by atoms with van der Waals surface area (Å²) < 4.78 is 38.0. The molecule has 1 heterocycles. The van der Waals surface area contributed by atoms with Crippen molar-refractivity contribution < 1.29 is 23.0 Å². The smallest absolute Gasteiger partial charge is 0.314 e. The van der Waals surface area contributed by atoms with Gasteiger partial charge >= 0.3 is 5.97 Å². The molecule has 140 valence electrons. The lowest BCUT2D eigenvalue weighted by Gasteiger charge is -2.26. The Labute approximate surface area is 150 Å². The Kier molecular flexibility index (Phi) is 7.87. The molecule has 2 rings (SSSR count). The van der Waals surface area contributed by atoms with Crippen LogP contribution in [0.5, 0.6) is 11.5 Å². The topological polar surface area (TPSA) is 35.5 Å². The van der Waals surface area contributed by atoms with Gasteiger partial charge in [-0.25, -0.2) is 0 Å². The average molecular weight is 371 g/mol. The molecule has 1 aliphatic rings. The molecule has 1 aromatic carbocycles. The predicted molar refractivity (Wildman–Crippen MR) is 97.0 cm³/mol. The summed E-state index contributed by atoms with van der Waals surface area (Å²) in [5, 5.41) is 0. The first-order chi connectivity index (χ1) is 12.1. The van der Waals surface area contributed by atoms with E-state index in [2.05, 4.69) is 6.92 Å². The Bertz CT molecular complexity index is 572. The molecule has 1 aromatic rings. The van der Waals surface area contributed by atoms with Gasteiger partial charge in [0.25, 0.3) is 0 Å². The maximum atomic E-state index is 14.0. The monoisotopic (exact) mass is 370 g/mol. The predicted octanol–water partition coefficient (Wildman–Crippen LogP) is 5.10. The summed E-state index contributed by atoms with van der Waals surface area (Å²) in [6, 6.07) is 6.19. The minimum absolute atomic E-state index is 0.168. The van der Waals surface area contributed by atoms with Crippen LogP contribution in [0.25, 0.3) is 0 Å². The van der Waals surface area contributed by atoms with Gasteiger partial charge in [-0.15, -0.1) is 0 Å². The van der Waals surface area contributed by atoms with Gasteiger partial charge in [-0.05, 0) is 31.9 Å². The maximum Gasteiger partial charge on any atom is 0.314 e. The Morgan fingerprint density at radius 3 is 2.40 bits per heavy atom. The molecule has 0 amide bonds. The molecule has 25 heavy (non-hydrogen) atoms. The molecule has 0 unspecified atom stereocenters. The lowest BCUT2D eigenvalue weighted by molar-refractivity contribution is -0.139. The number of carbonyl (C=O) groups excluding carboxylic acids is 1. The van der Waals surface area contributed by atoms with Crippen LogP contribution in [0.3, 0.4) is 0 Å². The molecule has 0 bridgehead atoms. The highest BCUT2D eigenvalue weighted by Crippen LogP contribution is 2.32. The van der Waals surface area contributed by atoms with Crippen LogP contribution in [0.2, 0.25) is 18.1 Å². The number of halogens is 2. The van der Waals surface area contributed by atoms with Crippen molar-refractivity contribution in [2.45, 2.75) is 64.1 Å². The fourth-order valence-electron chi connectivity index (χ4n) is 3.42. The van der Waals surface area contributed by atoms with E-state index in [1.807, 2.05) is 0 Å². The minimum atomic E-state index is -1.16. The third-order valence-electron chi connectivity index (χ3n) is 4.92. The zero-order valence-corrected chi connectivity index (χ0v) is 16.3. The quantitative estimate of drug-likeness (QED) is 0.276. The second kappa shape index (κ2) is 9.90. The molecule has 1 aliphatic heterocycles. The third-order valence-corrected chi connectivity index (χ3v) is 8.44. The molecule has 3 nitrogen and oxygen atoms in total. The number of hydrogen-bond donors (Lipinski definition) is 0. The summed E-state index contributed by atoms with van der Waals surface area (Å²) in [4.78, 5) is 12.3. The summed E-state index contributed by atoms with van der Waals surface area (Å²) in [7, 11) is -0.714. The Hall–Kier alpha value is -1.43. The van der Waals surface area contributed by atoms with Crippen molar-refractivity contribution in [3.8, 4) is 11.5 Å². The number of benzene rings is 1. The van der Waals surface area contributed by atoms with E-state index < -0.39 is 26.4 Å². The summed E-state index contributed by atoms with van der Waals surface area (Å²) in [6.45, 7) is 4.13. The number of carbonyl (C=O) groups is 1. The van der Waals surface area contributed by atoms with Crippen molar-refractivity contribution in [3.05, 3.63) is 23.8 Å². The van der Waals surface area contributed by atoms with E-state index in [1.165, 1.54) is 37.4 Å². The standard InChI is InChI=1S/C19H28F2O3Si/c1-3-5-6-11-25-12-9-14(10-13-25)19(22)24-16-8-7-15(23-4-2)17(20)18(16)21/h7-8,14,25H,3-6,9-13H2,1-2H3/t14-,25-. The van der Waals surface area contributed by atoms with E-state index in [4.69, 9.17) is 9.47 Å². The van der Waals surface area contributed by atoms with E-state index in [0.29, 0.717) is 0 Å². The van der Waals surface area contributed by atoms with Crippen molar-refractivity contribution >= 4 is 14.8 Å². The Morgan fingerprint density at radius 2 is 1.76 bits per heavy atom. The number of esters is 1. The van der Waals surface area contributed by atoms with Gasteiger partial charge in [0.05, 0.1) is 12.5 Å². The molecule has 0 spiro atoms. The molecule has 6 heteroatoms. The number of unbranched alkanes of at least 4 members (excludes halogenated alkanes) is 2. The molecular formula is C19H28F2O3Si. The van der Waals surface area contributed by atoms with Crippen LogP contribution >= 0.6 is 0 Å². The van der Waals surface area contributed by atoms with Crippen LogP contribution in [0, 0.1) is 17.6 Å². The zero-order chi connectivity index (χ0) is 18.2. The minimum Gasteiger partial charge on any atom is -0.491 e. The van der Waals surface area contributed by atoms with E-state index in [1.54, 1.807) is 6.92 Å². The first-order valence-corrected chi connectivity index (χ1v) is 11.8. The number of ether oxygens (including phenoxy) is 2. The van der Waals surface area contributed by atoms with Crippen LogP contribution in [-0.2, 0) is 4.79 Å². The molecule has 0 aliphatic carbocycles. The first-order valence-electron chi connectivity index (χ1n) is 9.39. The number of rotatable bonds is 8. The fraction of sp³-hybridized carbons (Fsp3) is 0.632. The van der Waals surface area contributed by atoms with E-state index in [9.17, 15) is 13.6 Å². The van der Waals surface area contributed by atoms with Gasteiger partial charge in [-0.2, -0.15) is 8.78 Å². The van der Waals surface area contributed by atoms with Gasteiger partial charge in [0.15, 0.2) is 11.5 Å². The van der Waals surface area contributed by atoms with Gasteiger partial charge in [-0.1, -0.05) is 44.3 Å². The molecule has 0 atom stereocenters. The Morgan fingerprint density at radius 1 is 1.12 bits per heavy atom. The summed E-state index contributed by atoms with van der Waals surface area (Å²) in [5.41, 5.74) is 0. The summed E-state index contributed by atoms with van der Waals surface area (Å²) in [5.74, 6) is -3.43. The normalized spacial score (nSPS) is 20.3. The lowest BCUT2D eigenvalue weighted by atomic mass is 10.0. The van der Waals surface area contributed by atoms with Gasteiger partial charge < -0.3 is 9.47 Å². The van der Waals surface area contributed by atoms with Crippen LogP contribution < -0.4 is 9.47 Å². The van der Waals surface area contributed by atoms with Crippen LogP contribution in [0.4, 0.5) is 8.78 Å². The van der Waals surface area contributed by atoms with Crippen LogP contribution in [-0.4, -0.2) is 21.4 Å². The second-order valence-electron chi connectivity index (χ2n) is 6.76. The molecule has 0 radical (unpaired) electrons. The third kappa shape index (κ3) is 5.52.